The molecule has 0 bridgehead atoms. The second-order valence-electron chi connectivity index (χ2n) is 2.60. The zero-order valence-electron chi connectivity index (χ0n) is 7.21. The van der Waals surface area contributed by atoms with Gasteiger partial charge in [0, 0.05) is 13.3 Å². The van der Waals surface area contributed by atoms with Gasteiger partial charge in [-0.3, -0.25) is 0 Å². The van der Waals surface area contributed by atoms with Crippen molar-refractivity contribution >= 4 is 0 Å². The monoisotopic (exact) mass is 179 g/mol. The van der Waals surface area contributed by atoms with Gasteiger partial charge >= 0.3 is 0 Å². The van der Waals surface area contributed by atoms with Gasteiger partial charge in [-0.05, 0) is 0 Å². The predicted octanol–water partition coefficient (Wildman–Crippen LogP) is 0.212. The number of rotatable bonds is 3. The van der Waals surface area contributed by atoms with Crippen LogP contribution < -0.4 is 0 Å². The zero-order chi connectivity index (χ0) is 9.10. The molecule has 0 unspecified atom stereocenters. The number of aromatic nitrogens is 5. The number of nitrogens with zero attached hydrogens (tertiary/aromatic N) is 5. The molecule has 0 atom stereocenters. The van der Waals surface area contributed by atoms with Gasteiger partial charge in [-0.2, -0.15) is 20.0 Å². The summed E-state index contributed by atoms with van der Waals surface area (Å²) in [4.78, 5) is 5.65. The van der Waals surface area contributed by atoms with E-state index in [2.05, 4.69) is 20.3 Å². The summed E-state index contributed by atoms with van der Waals surface area (Å²) < 4.78 is 4.82. The van der Waals surface area contributed by atoms with Gasteiger partial charge in [0.15, 0.2) is 5.82 Å². The van der Waals surface area contributed by atoms with Crippen LogP contribution in [0.2, 0.25) is 0 Å². The van der Waals surface area contributed by atoms with Crippen molar-refractivity contribution in [2.75, 3.05) is 0 Å². The SMILES string of the molecule is Cc1nc(CCn2nccn2)no1. The quantitative estimate of drug-likeness (QED) is 0.673. The molecule has 2 aromatic heterocycles. The molecule has 2 aromatic rings. The average molecular weight is 179 g/mol. The number of aryl methyl sites for hydroxylation is 3. The van der Waals surface area contributed by atoms with Crippen molar-refractivity contribution in [1.82, 2.24) is 25.1 Å². The van der Waals surface area contributed by atoms with E-state index in [-0.39, 0.29) is 0 Å². The minimum Gasteiger partial charge on any atom is -0.340 e. The molecule has 68 valence electrons. The van der Waals surface area contributed by atoms with Gasteiger partial charge < -0.3 is 4.52 Å². The van der Waals surface area contributed by atoms with Crippen molar-refractivity contribution < 1.29 is 4.52 Å². The molecule has 0 N–H and O–H groups in total. The van der Waals surface area contributed by atoms with Crippen molar-refractivity contribution in [2.45, 2.75) is 19.9 Å². The Labute approximate surface area is 74.6 Å². The molecule has 0 aliphatic rings. The first kappa shape index (κ1) is 7.90. The minimum absolute atomic E-state index is 0.587. The maximum absolute atomic E-state index is 4.82. The number of hydrogen-bond donors (Lipinski definition) is 0. The predicted molar refractivity (Wildman–Crippen MR) is 42.8 cm³/mol. The summed E-state index contributed by atoms with van der Waals surface area (Å²) in [5, 5.41) is 11.7. The van der Waals surface area contributed by atoms with E-state index in [1.807, 2.05) is 0 Å². The van der Waals surface area contributed by atoms with Crippen LogP contribution in [0.5, 0.6) is 0 Å². The molecule has 0 radical (unpaired) electrons. The topological polar surface area (TPSA) is 69.6 Å². The Morgan fingerprint density at radius 3 is 2.77 bits per heavy atom. The van der Waals surface area contributed by atoms with E-state index < -0.39 is 0 Å². The molecule has 2 rings (SSSR count). The third-order valence-electron chi connectivity index (χ3n) is 1.57. The second-order valence-corrected chi connectivity index (χ2v) is 2.60. The molecule has 0 aliphatic carbocycles. The molecule has 0 spiro atoms. The lowest BCUT2D eigenvalue weighted by atomic mass is 10.4. The van der Waals surface area contributed by atoms with Crippen LogP contribution in [0.3, 0.4) is 0 Å². The fourth-order valence-electron chi connectivity index (χ4n) is 1.00. The Bertz CT molecular complexity index is 366. The molecule has 0 saturated carbocycles. The lowest BCUT2D eigenvalue weighted by Crippen LogP contribution is -2.05. The fraction of sp³-hybridized carbons (Fsp3) is 0.429. The number of hydrogen-bond acceptors (Lipinski definition) is 5. The van der Waals surface area contributed by atoms with Crippen LogP contribution in [0.4, 0.5) is 0 Å². The first-order chi connectivity index (χ1) is 6.34. The molecule has 0 aliphatic heterocycles. The van der Waals surface area contributed by atoms with E-state index in [1.54, 1.807) is 24.1 Å². The zero-order valence-corrected chi connectivity index (χ0v) is 7.21. The van der Waals surface area contributed by atoms with Gasteiger partial charge in [0.25, 0.3) is 0 Å². The third-order valence-corrected chi connectivity index (χ3v) is 1.57. The molecule has 0 amide bonds. The van der Waals surface area contributed by atoms with Gasteiger partial charge in [0.1, 0.15) is 0 Å². The van der Waals surface area contributed by atoms with Crippen molar-refractivity contribution in [2.24, 2.45) is 0 Å². The van der Waals surface area contributed by atoms with Crippen molar-refractivity contribution in [1.29, 1.82) is 0 Å². The summed E-state index contributed by atoms with van der Waals surface area (Å²) in [7, 11) is 0. The molecular weight excluding hydrogens is 170 g/mol. The Kier molecular flexibility index (Phi) is 2.03. The normalized spacial score (nSPS) is 10.5. The van der Waals surface area contributed by atoms with E-state index in [1.165, 1.54) is 0 Å². The van der Waals surface area contributed by atoms with Crippen LogP contribution in [0, 0.1) is 6.92 Å². The second kappa shape index (κ2) is 3.34. The van der Waals surface area contributed by atoms with Crippen molar-refractivity contribution in [3.8, 4) is 0 Å². The Hall–Kier alpha value is -1.72. The highest BCUT2D eigenvalue weighted by molar-refractivity contribution is 4.83. The molecule has 0 saturated heterocycles. The fourth-order valence-corrected chi connectivity index (χ4v) is 1.00. The van der Waals surface area contributed by atoms with E-state index in [9.17, 15) is 0 Å². The Morgan fingerprint density at radius 2 is 2.15 bits per heavy atom. The molecule has 2 heterocycles. The Morgan fingerprint density at radius 1 is 1.38 bits per heavy atom. The van der Waals surface area contributed by atoms with Gasteiger partial charge in [0.05, 0.1) is 18.9 Å². The molecule has 0 fully saturated rings. The summed E-state index contributed by atoms with van der Waals surface area (Å²) in [6.07, 6.45) is 3.97. The van der Waals surface area contributed by atoms with Gasteiger partial charge in [0.2, 0.25) is 5.89 Å². The molecular formula is C7H9N5O. The van der Waals surface area contributed by atoms with E-state index in [4.69, 9.17) is 4.52 Å². The molecule has 13 heavy (non-hydrogen) atoms. The Balaban J connectivity index is 1.93. The maximum atomic E-state index is 4.82. The molecule has 6 heteroatoms. The van der Waals surface area contributed by atoms with Gasteiger partial charge in [-0.1, -0.05) is 5.16 Å². The summed E-state index contributed by atoms with van der Waals surface area (Å²) >= 11 is 0. The average Bonchev–Trinajstić information content (AvgIpc) is 2.71. The lowest BCUT2D eigenvalue weighted by molar-refractivity contribution is 0.384. The standard InChI is InChI=1S/C7H9N5O/c1-6-10-7(11-13-6)2-5-12-8-3-4-9-12/h3-4H,2,5H2,1H3. The van der Waals surface area contributed by atoms with Crippen LogP contribution in [-0.4, -0.2) is 25.1 Å². The summed E-state index contributed by atoms with van der Waals surface area (Å²) in [5.74, 6) is 1.28. The van der Waals surface area contributed by atoms with E-state index >= 15 is 0 Å². The van der Waals surface area contributed by atoms with Crippen LogP contribution in [0.1, 0.15) is 11.7 Å². The minimum atomic E-state index is 0.587. The summed E-state index contributed by atoms with van der Waals surface area (Å²) in [6.45, 7) is 2.44. The van der Waals surface area contributed by atoms with Crippen LogP contribution in [0.15, 0.2) is 16.9 Å². The lowest BCUT2D eigenvalue weighted by Gasteiger charge is -1.93. The summed E-state index contributed by atoms with van der Waals surface area (Å²) in [6, 6.07) is 0. The van der Waals surface area contributed by atoms with Crippen molar-refractivity contribution in [3.63, 3.8) is 0 Å². The van der Waals surface area contributed by atoms with Crippen molar-refractivity contribution in [3.05, 3.63) is 24.1 Å². The first-order valence-corrected chi connectivity index (χ1v) is 3.98. The highest BCUT2D eigenvalue weighted by Crippen LogP contribution is 1.96. The third kappa shape index (κ3) is 1.90. The van der Waals surface area contributed by atoms with Crippen LogP contribution >= 0.6 is 0 Å². The maximum Gasteiger partial charge on any atom is 0.223 e. The highest BCUT2D eigenvalue weighted by atomic mass is 16.5. The molecule has 6 nitrogen and oxygen atoms in total. The first-order valence-electron chi connectivity index (χ1n) is 3.98. The largest absolute Gasteiger partial charge is 0.340 e. The van der Waals surface area contributed by atoms with Gasteiger partial charge in [-0.25, -0.2) is 0 Å². The van der Waals surface area contributed by atoms with Crippen LogP contribution in [0.25, 0.3) is 0 Å². The van der Waals surface area contributed by atoms with E-state index in [0.29, 0.717) is 24.7 Å². The van der Waals surface area contributed by atoms with Crippen LogP contribution in [-0.2, 0) is 13.0 Å². The van der Waals surface area contributed by atoms with E-state index in [0.717, 1.165) is 0 Å². The molecule has 0 aromatic carbocycles. The summed E-state index contributed by atoms with van der Waals surface area (Å²) in [5.41, 5.74) is 0. The smallest absolute Gasteiger partial charge is 0.223 e. The van der Waals surface area contributed by atoms with Gasteiger partial charge in [-0.15, -0.1) is 0 Å². The highest BCUT2D eigenvalue weighted by Gasteiger charge is 2.02.